The van der Waals surface area contributed by atoms with Gasteiger partial charge in [-0.05, 0) is 0 Å². The highest BCUT2D eigenvalue weighted by molar-refractivity contribution is 4.50. The summed E-state index contributed by atoms with van der Waals surface area (Å²) < 4.78 is 0. The van der Waals surface area contributed by atoms with Gasteiger partial charge in [-0.25, -0.2) is 0 Å². The molecule has 0 unspecified atom stereocenters. The second kappa shape index (κ2) is 4.01. The van der Waals surface area contributed by atoms with Gasteiger partial charge in [-0.2, -0.15) is 0 Å². The number of rotatable bonds is 3. The maximum absolute atomic E-state index is 8.47. The molecule has 7 heavy (non-hydrogen) atoms. The second-order valence-electron chi connectivity index (χ2n) is 1.24. The number of hydrazine groups is 1. The van der Waals surface area contributed by atoms with Gasteiger partial charge in [-0.15, -0.1) is 0 Å². The Labute approximate surface area is 41.9 Å². The van der Waals surface area contributed by atoms with Crippen molar-refractivity contribution >= 4 is 0 Å². The van der Waals surface area contributed by atoms with Gasteiger partial charge in [-0.1, -0.05) is 0 Å². The van der Waals surface area contributed by atoms with E-state index in [0.717, 1.165) is 0 Å². The molecule has 0 aromatic carbocycles. The maximum atomic E-state index is 8.47. The van der Waals surface area contributed by atoms with Crippen molar-refractivity contribution in [3.05, 3.63) is 0 Å². The van der Waals surface area contributed by atoms with E-state index >= 15 is 0 Å². The zero-order valence-corrected chi connectivity index (χ0v) is 3.96. The van der Waals surface area contributed by atoms with Gasteiger partial charge in [0.2, 0.25) is 0 Å². The minimum Gasteiger partial charge on any atom is -0.394 e. The Morgan fingerprint density at radius 3 is 2.43 bits per heavy atom. The van der Waals surface area contributed by atoms with Gasteiger partial charge >= 0.3 is 0 Å². The lowest BCUT2D eigenvalue weighted by atomic mass is 10.4. The van der Waals surface area contributed by atoms with Crippen LogP contribution in [0.3, 0.4) is 0 Å². The molecule has 0 saturated heterocycles. The Kier molecular flexibility index (Phi) is 3.92. The average Bonchev–Trinajstić information content (AvgIpc) is 1.68. The molecule has 0 fully saturated rings. The summed E-state index contributed by atoms with van der Waals surface area (Å²) in [7, 11) is 0. The van der Waals surface area contributed by atoms with Crippen molar-refractivity contribution in [1.29, 1.82) is 0 Å². The Morgan fingerprint density at radius 1 is 1.71 bits per heavy atom. The van der Waals surface area contributed by atoms with Crippen molar-refractivity contribution < 1.29 is 10.2 Å². The molecule has 1 atom stereocenters. The Bertz CT molecular complexity index is 41.9. The first-order valence-corrected chi connectivity index (χ1v) is 2.03. The quantitative estimate of drug-likeness (QED) is 0.243. The van der Waals surface area contributed by atoms with Gasteiger partial charge in [0.05, 0.1) is 12.7 Å². The zero-order valence-electron chi connectivity index (χ0n) is 3.96. The van der Waals surface area contributed by atoms with Crippen LogP contribution in [0.2, 0.25) is 0 Å². The van der Waals surface area contributed by atoms with Gasteiger partial charge in [0.1, 0.15) is 0 Å². The maximum Gasteiger partial charge on any atom is 0.0908 e. The second-order valence-corrected chi connectivity index (χ2v) is 1.24. The van der Waals surface area contributed by atoms with E-state index < -0.39 is 6.10 Å². The molecule has 0 bridgehead atoms. The van der Waals surface area contributed by atoms with E-state index in [1.54, 1.807) is 0 Å². The first kappa shape index (κ1) is 6.84. The number of aliphatic hydroxyl groups is 2. The highest BCUT2D eigenvalue weighted by atomic mass is 16.3. The van der Waals surface area contributed by atoms with E-state index in [1.165, 1.54) is 0 Å². The standard InChI is InChI=1S/C3H10N2O2/c4-5-1-3(7)2-6/h3,5-7H,1-2,4H2/t3-/m0/s1. The molecule has 0 heterocycles. The number of aliphatic hydroxyl groups excluding tert-OH is 2. The van der Waals surface area contributed by atoms with Crippen molar-refractivity contribution in [2.45, 2.75) is 6.10 Å². The largest absolute Gasteiger partial charge is 0.394 e. The summed E-state index contributed by atoms with van der Waals surface area (Å²) in [5.74, 6) is 4.78. The van der Waals surface area contributed by atoms with E-state index in [2.05, 4.69) is 5.43 Å². The number of nitrogens with one attached hydrogen (secondary N) is 1. The molecule has 0 rings (SSSR count). The summed E-state index contributed by atoms with van der Waals surface area (Å²) in [5.41, 5.74) is 2.21. The van der Waals surface area contributed by atoms with Crippen LogP contribution < -0.4 is 11.3 Å². The van der Waals surface area contributed by atoms with Crippen LogP contribution in [-0.4, -0.2) is 29.5 Å². The molecule has 0 spiro atoms. The van der Waals surface area contributed by atoms with Gasteiger partial charge in [0.15, 0.2) is 0 Å². The third kappa shape index (κ3) is 3.68. The first-order chi connectivity index (χ1) is 3.31. The Morgan fingerprint density at radius 2 is 2.29 bits per heavy atom. The van der Waals surface area contributed by atoms with Crippen LogP contribution in [0.5, 0.6) is 0 Å². The fourth-order valence-electron chi connectivity index (χ4n) is 0.201. The Balaban J connectivity index is 2.83. The van der Waals surface area contributed by atoms with E-state index in [-0.39, 0.29) is 13.2 Å². The summed E-state index contributed by atoms with van der Waals surface area (Å²) in [6, 6.07) is 0. The van der Waals surface area contributed by atoms with Gasteiger partial charge in [0, 0.05) is 6.54 Å². The molecular formula is C3H10N2O2. The molecule has 0 saturated carbocycles. The lowest BCUT2D eigenvalue weighted by molar-refractivity contribution is 0.0947. The predicted octanol–water partition coefficient (Wildman–Crippen LogP) is -2.20. The molecule has 4 heteroatoms. The smallest absolute Gasteiger partial charge is 0.0908 e. The molecule has 4 nitrogen and oxygen atoms in total. The summed E-state index contributed by atoms with van der Waals surface area (Å²) in [5, 5.41) is 16.6. The third-order valence-electron chi connectivity index (χ3n) is 0.564. The average molecular weight is 106 g/mol. The number of hydrogen-bond donors (Lipinski definition) is 4. The van der Waals surface area contributed by atoms with E-state index in [9.17, 15) is 0 Å². The Hall–Kier alpha value is -0.160. The summed E-state index contributed by atoms with van der Waals surface area (Å²) in [6.45, 7) is -0.0132. The van der Waals surface area contributed by atoms with E-state index in [4.69, 9.17) is 16.1 Å². The van der Waals surface area contributed by atoms with E-state index in [1.807, 2.05) is 0 Å². The molecule has 44 valence electrons. The molecule has 0 aliphatic rings. The lowest BCUT2D eigenvalue weighted by Gasteiger charge is -2.02. The molecule has 0 aliphatic carbocycles. The van der Waals surface area contributed by atoms with Crippen molar-refractivity contribution in [2.24, 2.45) is 5.84 Å². The third-order valence-corrected chi connectivity index (χ3v) is 0.564. The predicted molar refractivity (Wildman–Crippen MR) is 25.3 cm³/mol. The van der Waals surface area contributed by atoms with Gasteiger partial charge < -0.3 is 10.2 Å². The minimum atomic E-state index is -0.731. The highest BCUT2D eigenvalue weighted by Crippen LogP contribution is 1.71. The first-order valence-electron chi connectivity index (χ1n) is 2.03. The molecule has 0 amide bonds. The fraction of sp³-hybridized carbons (Fsp3) is 1.00. The zero-order chi connectivity index (χ0) is 5.70. The molecule has 0 aromatic rings. The summed E-state index contributed by atoms with van der Waals surface area (Å²) in [6.07, 6.45) is -0.731. The van der Waals surface area contributed by atoms with Crippen molar-refractivity contribution in [3.63, 3.8) is 0 Å². The van der Waals surface area contributed by atoms with Gasteiger partial charge in [0.25, 0.3) is 0 Å². The molecular weight excluding hydrogens is 96.0 g/mol. The van der Waals surface area contributed by atoms with E-state index in [0.29, 0.717) is 0 Å². The van der Waals surface area contributed by atoms with Crippen LogP contribution in [0, 0.1) is 0 Å². The monoisotopic (exact) mass is 106 g/mol. The molecule has 0 aliphatic heterocycles. The van der Waals surface area contributed by atoms with Crippen LogP contribution >= 0.6 is 0 Å². The minimum absolute atomic E-state index is 0.233. The highest BCUT2D eigenvalue weighted by Gasteiger charge is 1.95. The molecule has 5 N–H and O–H groups in total. The fourth-order valence-corrected chi connectivity index (χ4v) is 0.201. The van der Waals surface area contributed by atoms with Crippen LogP contribution in [0.4, 0.5) is 0 Å². The number of hydrogen-bond acceptors (Lipinski definition) is 4. The van der Waals surface area contributed by atoms with Crippen LogP contribution in [-0.2, 0) is 0 Å². The molecule has 0 aromatic heterocycles. The number of nitrogens with two attached hydrogens (primary N) is 1. The summed E-state index contributed by atoms with van der Waals surface area (Å²) >= 11 is 0. The lowest BCUT2D eigenvalue weighted by Crippen LogP contribution is -2.33. The summed E-state index contributed by atoms with van der Waals surface area (Å²) in [4.78, 5) is 0. The van der Waals surface area contributed by atoms with Crippen molar-refractivity contribution in [2.75, 3.05) is 13.2 Å². The molecule has 0 radical (unpaired) electrons. The van der Waals surface area contributed by atoms with Crippen molar-refractivity contribution in [3.8, 4) is 0 Å². The van der Waals surface area contributed by atoms with Gasteiger partial charge in [-0.3, -0.25) is 11.3 Å². The van der Waals surface area contributed by atoms with Crippen LogP contribution in [0.15, 0.2) is 0 Å². The topological polar surface area (TPSA) is 78.5 Å². The van der Waals surface area contributed by atoms with Crippen LogP contribution in [0.25, 0.3) is 0 Å². The van der Waals surface area contributed by atoms with Crippen molar-refractivity contribution in [1.82, 2.24) is 5.43 Å². The normalized spacial score (nSPS) is 14.1. The van der Waals surface area contributed by atoms with Crippen LogP contribution in [0.1, 0.15) is 0 Å². The SMILES string of the molecule is NNC[C@H](O)CO.